The monoisotopic (exact) mass is 196 g/mol. The van der Waals surface area contributed by atoms with E-state index < -0.39 is 0 Å². The Morgan fingerprint density at radius 3 is 1.83 bits per heavy atom. The molecule has 1 saturated heterocycles. The maximum absolute atomic E-state index is 11.0. The van der Waals surface area contributed by atoms with Gasteiger partial charge in [0.15, 0.2) is 0 Å². The summed E-state index contributed by atoms with van der Waals surface area (Å²) in [6, 6.07) is 0. The van der Waals surface area contributed by atoms with Crippen LogP contribution in [-0.4, -0.2) is 49.7 Å². The fourth-order valence-electron chi connectivity index (χ4n) is 1.95. The van der Waals surface area contributed by atoms with Crippen molar-refractivity contribution in [2.24, 2.45) is 11.8 Å². The molecule has 2 aliphatic rings. The quantitative estimate of drug-likeness (QED) is 0.310. The number of carbonyl (C=O) groups is 2. The van der Waals surface area contributed by atoms with Crippen molar-refractivity contribution in [1.29, 1.82) is 0 Å². The van der Waals surface area contributed by atoms with Crippen LogP contribution in [0.25, 0.3) is 0 Å². The van der Waals surface area contributed by atoms with Gasteiger partial charge in [0.2, 0.25) is 0 Å². The van der Waals surface area contributed by atoms with Crippen molar-refractivity contribution in [1.82, 2.24) is 0 Å². The summed E-state index contributed by atoms with van der Waals surface area (Å²) in [6.07, 6.45) is 3.80. The number of hydrogen-bond donors (Lipinski definition) is 0. The van der Waals surface area contributed by atoms with Crippen molar-refractivity contribution in [3.05, 3.63) is 0 Å². The van der Waals surface area contributed by atoms with E-state index in [1.165, 1.54) is 0 Å². The number of ether oxygens (including phenoxy) is 1. The van der Waals surface area contributed by atoms with Gasteiger partial charge in [-0.05, 0) is 12.8 Å². The van der Waals surface area contributed by atoms with Gasteiger partial charge in [-0.15, -0.1) is 0 Å². The summed E-state index contributed by atoms with van der Waals surface area (Å²) in [5.74, 6) is -0.785. The van der Waals surface area contributed by atoms with Gasteiger partial charge >= 0.3 is 49.7 Å². The van der Waals surface area contributed by atoms with Crippen molar-refractivity contribution in [3.63, 3.8) is 0 Å². The number of carbonyl (C=O) groups excluding carboxylic acids is 2. The van der Waals surface area contributed by atoms with E-state index in [1.807, 2.05) is 0 Å². The second kappa shape index (κ2) is 4.07. The normalized spacial score (nSPS) is 33.7. The fourth-order valence-corrected chi connectivity index (χ4v) is 1.95. The molecule has 1 heterocycles. The Kier molecular flexibility index (Phi) is 3.56. The molecular weight excluding hydrogens is 184 g/mol. The van der Waals surface area contributed by atoms with Crippen LogP contribution in [0, 0.1) is 11.8 Å². The third-order valence-corrected chi connectivity index (χ3v) is 2.57. The van der Waals surface area contributed by atoms with Crippen LogP contribution in [0.1, 0.15) is 25.7 Å². The topological polar surface area (TPSA) is 43.4 Å². The van der Waals surface area contributed by atoms with Crippen molar-refractivity contribution in [3.8, 4) is 0 Å². The number of hydrogen-bond acceptors (Lipinski definition) is 3. The molecule has 1 saturated carbocycles. The molecule has 1 aliphatic heterocycles. The van der Waals surface area contributed by atoms with Gasteiger partial charge in [0.1, 0.15) is 0 Å². The first-order chi connectivity index (χ1) is 5.29. The van der Waals surface area contributed by atoms with E-state index in [-0.39, 0.29) is 61.5 Å². The molecule has 0 amide bonds. The minimum absolute atomic E-state index is 0. The zero-order chi connectivity index (χ0) is 7.84. The van der Waals surface area contributed by atoms with Crippen LogP contribution in [0.4, 0.5) is 0 Å². The van der Waals surface area contributed by atoms with Crippen molar-refractivity contribution < 1.29 is 14.3 Å². The van der Waals surface area contributed by atoms with Gasteiger partial charge in [0.05, 0.1) is 11.8 Å². The third kappa shape index (κ3) is 1.68. The van der Waals surface area contributed by atoms with Gasteiger partial charge in [0.25, 0.3) is 0 Å². The molecular formula is C8H12CaO3. The van der Waals surface area contributed by atoms with Crippen molar-refractivity contribution in [2.75, 3.05) is 0 Å². The Bertz CT molecular complexity index is 192. The molecule has 0 aromatic carbocycles. The summed E-state index contributed by atoms with van der Waals surface area (Å²) < 4.78 is 4.53. The maximum atomic E-state index is 11.0. The molecule has 1 aliphatic carbocycles. The average molecular weight is 196 g/mol. The summed E-state index contributed by atoms with van der Waals surface area (Å²) in [4.78, 5) is 22.0. The van der Waals surface area contributed by atoms with Crippen LogP contribution >= 0.6 is 0 Å². The molecule has 0 N–H and O–H groups in total. The molecule has 2 fully saturated rings. The number of rotatable bonds is 0. The molecule has 0 aromatic heterocycles. The van der Waals surface area contributed by atoms with Crippen LogP contribution in [0.15, 0.2) is 0 Å². The number of fused-ring (bicyclic) bond motifs is 1. The molecule has 3 nitrogen and oxygen atoms in total. The molecule has 12 heavy (non-hydrogen) atoms. The van der Waals surface area contributed by atoms with Gasteiger partial charge < -0.3 is 4.74 Å². The molecule has 0 bridgehead atoms. The second-order valence-electron chi connectivity index (χ2n) is 3.24. The van der Waals surface area contributed by atoms with Crippen LogP contribution in [0.2, 0.25) is 0 Å². The van der Waals surface area contributed by atoms with Crippen molar-refractivity contribution in [2.45, 2.75) is 25.7 Å². The standard InChI is InChI=1S/C8H10O3.Ca.2H/c9-7-5-3-1-2-4-6(5)8(10)11-7;;;/h5-6H,1-4H2;;;. The Labute approximate surface area is 101 Å². The predicted molar refractivity (Wildman–Crippen MR) is 45.1 cm³/mol. The second-order valence-corrected chi connectivity index (χ2v) is 3.24. The Morgan fingerprint density at radius 2 is 1.42 bits per heavy atom. The van der Waals surface area contributed by atoms with Crippen LogP contribution < -0.4 is 0 Å². The van der Waals surface area contributed by atoms with E-state index in [2.05, 4.69) is 4.74 Å². The molecule has 0 radical (unpaired) electrons. The Hall–Kier alpha value is 0.400. The molecule has 2 unspecified atom stereocenters. The zero-order valence-corrected chi connectivity index (χ0v) is 6.21. The van der Waals surface area contributed by atoms with Gasteiger partial charge in [0, 0.05) is 0 Å². The van der Waals surface area contributed by atoms with E-state index in [0.717, 1.165) is 25.7 Å². The van der Waals surface area contributed by atoms with E-state index in [0.29, 0.717) is 0 Å². The van der Waals surface area contributed by atoms with Gasteiger partial charge in [-0.25, -0.2) is 0 Å². The summed E-state index contributed by atoms with van der Waals surface area (Å²) >= 11 is 0. The first-order valence-electron chi connectivity index (χ1n) is 4.04. The molecule has 2 rings (SSSR count). The van der Waals surface area contributed by atoms with Gasteiger partial charge in [-0.2, -0.15) is 0 Å². The van der Waals surface area contributed by atoms with E-state index >= 15 is 0 Å². The van der Waals surface area contributed by atoms with Gasteiger partial charge in [-0.3, -0.25) is 9.59 Å². The van der Waals surface area contributed by atoms with Gasteiger partial charge in [-0.1, -0.05) is 12.8 Å². The van der Waals surface area contributed by atoms with E-state index in [1.54, 1.807) is 0 Å². The molecule has 2 atom stereocenters. The Balaban J connectivity index is 0.000000720. The van der Waals surface area contributed by atoms with E-state index in [4.69, 9.17) is 0 Å². The minimum atomic E-state index is -0.292. The molecule has 0 aromatic rings. The summed E-state index contributed by atoms with van der Waals surface area (Å²) in [5.41, 5.74) is 0. The molecule has 64 valence electrons. The number of cyclic esters (lactones) is 2. The first-order valence-corrected chi connectivity index (χ1v) is 4.04. The van der Waals surface area contributed by atoms with Crippen LogP contribution in [-0.2, 0) is 14.3 Å². The Morgan fingerprint density at radius 1 is 1.00 bits per heavy atom. The predicted octanol–water partition coefficient (Wildman–Crippen LogP) is -0.0400. The molecule has 0 spiro atoms. The summed E-state index contributed by atoms with van der Waals surface area (Å²) in [5, 5.41) is 0. The van der Waals surface area contributed by atoms with E-state index in [9.17, 15) is 9.59 Å². The van der Waals surface area contributed by atoms with Crippen LogP contribution in [0.5, 0.6) is 0 Å². The summed E-state index contributed by atoms with van der Waals surface area (Å²) in [7, 11) is 0. The van der Waals surface area contributed by atoms with Crippen LogP contribution in [0.3, 0.4) is 0 Å². The van der Waals surface area contributed by atoms with Crippen molar-refractivity contribution >= 4 is 49.7 Å². The fraction of sp³-hybridized carbons (Fsp3) is 0.750. The zero-order valence-electron chi connectivity index (χ0n) is 6.21. The average Bonchev–Trinajstić information content (AvgIpc) is 2.30. The SMILES string of the molecule is O=C1OC(=O)C2CCCCC12.[CaH2]. The first kappa shape index (κ1) is 10.5. The summed E-state index contributed by atoms with van der Waals surface area (Å²) in [6.45, 7) is 0. The third-order valence-electron chi connectivity index (χ3n) is 2.57. The molecule has 4 heteroatoms. The number of esters is 2.